The maximum Gasteiger partial charge on any atom is 0.239 e. The normalized spacial score (nSPS) is 17.1. The average molecular weight is 418 g/mol. The van der Waals surface area contributed by atoms with Crippen LogP contribution in [0.3, 0.4) is 0 Å². The van der Waals surface area contributed by atoms with Gasteiger partial charge in [0, 0.05) is 36.1 Å². The Hall–Kier alpha value is -2.02. The number of rotatable bonds is 6. The van der Waals surface area contributed by atoms with Crippen molar-refractivity contribution in [3.63, 3.8) is 0 Å². The second kappa shape index (κ2) is 9.45. The molecule has 7 heteroatoms. The van der Waals surface area contributed by atoms with Crippen LogP contribution in [0.2, 0.25) is 5.02 Å². The molecule has 0 aromatic heterocycles. The molecule has 0 radical (unpaired) electrons. The van der Waals surface area contributed by atoms with Crippen LogP contribution in [0.4, 0.5) is 0 Å². The third-order valence-corrected chi connectivity index (χ3v) is 6.20. The van der Waals surface area contributed by atoms with Crippen molar-refractivity contribution in [1.82, 2.24) is 9.80 Å². The van der Waals surface area contributed by atoms with Gasteiger partial charge < -0.3 is 10.6 Å². The number of carbonyl (C=O) groups excluding carboxylic acids is 2. The van der Waals surface area contributed by atoms with Crippen molar-refractivity contribution in [1.29, 1.82) is 0 Å². The Labute approximate surface area is 174 Å². The maximum absolute atomic E-state index is 12.8. The molecule has 2 atom stereocenters. The summed E-state index contributed by atoms with van der Waals surface area (Å²) >= 11 is 7.51. The fourth-order valence-electron chi connectivity index (χ4n) is 3.41. The number of piperazine rings is 1. The summed E-state index contributed by atoms with van der Waals surface area (Å²) in [4.78, 5) is 29.9. The Bertz CT molecular complexity index is 808. The summed E-state index contributed by atoms with van der Waals surface area (Å²) in [5, 5.41) is 0.462. The van der Waals surface area contributed by atoms with E-state index in [1.54, 1.807) is 23.9 Å². The molecule has 1 aliphatic rings. The van der Waals surface area contributed by atoms with Gasteiger partial charge in [0.05, 0.1) is 5.25 Å². The predicted octanol–water partition coefficient (Wildman–Crippen LogP) is 3.19. The van der Waals surface area contributed by atoms with E-state index in [0.717, 1.165) is 10.5 Å². The fourth-order valence-corrected chi connectivity index (χ4v) is 4.51. The highest BCUT2D eigenvalue weighted by Crippen LogP contribution is 2.26. The Morgan fingerprint density at radius 3 is 2.18 bits per heavy atom. The zero-order valence-corrected chi connectivity index (χ0v) is 17.3. The van der Waals surface area contributed by atoms with E-state index in [2.05, 4.69) is 0 Å². The number of carbonyl (C=O) groups is 2. The van der Waals surface area contributed by atoms with E-state index < -0.39 is 11.9 Å². The van der Waals surface area contributed by atoms with Crippen LogP contribution in [0.15, 0.2) is 59.5 Å². The molecule has 28 heavy (non-hydrogen) atoms. The lowest BCUT2D eigenvalue weighted by Gasteiger charge is -2.39. The molecule has 1 aliphatic heterocycles. The van der Waals surface area contributed by atoms with Gasteiger partial charge in [-0.15, -0.1) is 11.8 Å². The molecule has 2 N–H and O–H groups in total. The topological polar surface area (TPSA) is 66.6 Å². The van der Waals surface area contributed by atoms with Gasteiger partial charge in [-0.25, -0.2) is 0 Å². The number of hydrogen-bond acceptors (Lipinski definition) is 4. The highest BCUT2D eigenvalue weighted by Gasteiger charge is 2.31. The van der Waals surface area contributed by atoms with Crippen LogP contribution in [0.5, 0.6) is 0 Å². The van der Waals surface area contributed by atoms with Gasteiger partial charge in [-0.1, -0.05) is 41.9 Å². The van der Waals surface area contributed by atoms with E-state index in [-0.39, 0.29) is 11.2 Å². The van der Waals surface area contributed by atoms with E-state index in [0.29, 0.717) is 31.2 Å². The molecule has 0 bridgehead atoms. The van der Waals surface area contributed by atoms with Crippen LogP contribution >= 0.6 is 23.4 Å². The number of hydrogen-bond donors (Lipinski definition) is 1. The van der Waals surface area contributed by atoms with Crippen molar-refractivity contribution in [2.75, 3.05) is 26.2 Å². The predicted molar refractivity (Wildman–Crippen MR) is 113 cm³/mol. The van der Waals surface area contributed by atoms with Gasteiger partial charge >= 0.3 is 0 Å². The van der Waals surface area contributed by atoms with Crippen molar-refractivity contribution in [2.45, 2.75) is 23.1 Å². The van der Waals surface area contributed by atoms with Gasteiger partial charge in [-0.2, -0.15) is 0 Å². The number of primary amides is 1. The van der Waals surface area contributed by atoms with E-state index in [9.17, 15) is 9.59 Å². The first kappa shape index (κ1) is 20.7. The van der Waals surface area contributed by atoms with Gasteiger partial charge in [-0.05, 0) is 36.8 Å². The first-order valence-corrected chi connectivity index (χ1v) is 10.5. The molecule has 0 unspecified atom stereocenters. The molecular weight excluding hydrogens is 394 g/mol. The lowest BCUT2D eigenvalue weighted by molar-refractivity contribution is -0.133. The number of halogens is 1. The maximum atomic E-state index is 12.8. The third kappa shape index (κ3) is 5.07. The van der Waals surface area contributed by atoms with Crippen LogP contribution in [-0.4, -0.2) is 53.0 Å². The van der Waals surface area contributed by atoms with Crippen LogP contribution in [0.25, 0.3) is 0 Å². The molecule has 1 saturated heterocycles. The van der Waals surface area contributed by atoms with Crippen molar-refractivity contribution in [3.05, 3.63) is 65.2 Å². The molecule has 1 heterocycles. The van der Waals surface area contributed by atoms with E-state index >= 15 is 0 Å². The van der Waals surface area contributed by atoms with Crippen molar-refractivity contribution >= 4 is 35.2 Å². The fraction of sp³-hybridized carbons (Fsp3) is 0.333. The summed E-state index contributed by atoms with van der Waals surface area (Å²) in [5.74, 6) is -0.272. The second-order valence-corrected chi connectivity index (χ2v) is 8.64. The third-order valence-electron chi connectivity index (χ3n) is 4.85. The molecule has 0 saturated carbocycles. The molecule has 2 aromatic carbocycles. The van der Waals surface area contributed by atoms with Crippen LogP contribution in [0.1, 0.15) is 18.5 Å². The van der Waals surface area contributed by atoms with E-state index in [4.69, 9.17) is 17.3 Å². The van der Waals surface area contributed by atoms with Crippen molar-refractivity contribution in [2.24, 2.45) is 5.73 Å². The summed E-state index contributed by atoms with van der Waals surface area (Å²) in [6.07, 6.45) is 0. The Balaban J connectivity index is 1.60. The summed E-state index contributed by atoms with van der Waals surface area (Å²) in [6, 6.07) is 16.6. The molecular formula is C21H24ClN3O2S. The number of amides is 2. The molecule has 2 aromatic rings. The average Bonchev–Trinajstić information content (AvgIpc) is 2.70. The number of nitrogens with zero attached hydrogens (tertiary/aromatic N) is 2. The first-order valence-electron chi connectivity index (χ1n) is 9.25. The summed E-state index contributed by atoms with van der Waals surface area (Å²) in [5.41, 5.74) is 6.49. The molecule has 0 aliphatic carbocycles. The van der Waals surface area contributed by atoms with Gasteiger partial charge in [0.2, 0.25) is 11.8 Å². The lowest BCUT2D eigenvalue weighted by atomic mass is 10.0. The number of thioether (sulfide) groups is 1. The smallest absolute Gasteiger partial charge is 0.239 e. The second-order valence-electron chi connectivity index (χ2n) is 6.79. The summed E-state index contributed by atoms with van der Waals surface area (Å²) in [6.45, 7) is 4.30. The summed E-state index contributed by atoms with van der Waals surface area (Å²) < 4.78 is 0. The number of nitrogens with two attached hydrogens (primary N) is 1. The summed E-state index contributed by atoms with van der Waals surface area (Å²) in [7, 11) is 0. The molecule has 0 spiro atoms. The molecule has 3 rings (SSSR count). The largest absolute Gasteiger partial charge is 0.368 e. The Kier molecular flexibility index (Phi) is 6.99. The van der Waals surface area contributed by atoms with Gasteiger partial charge in [-0.3, -0.25) is 14.5 Å². The lowest BCUT2D eigenvalue weighted by Crippen LogP contribution is -2.53. The molecule has 1 fully saturated rings. The highest BCUT2D eigenvalue weighted by molar-refractivity contribution is 8.00. The van der Waals surface area contributed by atoms with Crippen LogP contribution in [-0.2, 0) is 9.59 Å². The minimum absolute atomic E-state index is 0.121. The molecule has 5 nitrogen and oxygen atoms in total. The van der Waals surface area contributed by atoms with Gasteiger partial charge in [0.25, 0.3) is 0 Å². The zero-order valence-electron chi connectivity index (χ0n) is 15.8. The SMILES string of the molecule is C[C@@H](Sc1ccccc1)C(=O)N1CCN([C@@H](C(N)=O)c2ccc(Cl)cc2)CC1. The monoisotopic (exact) mass is 417 g/mol. The quantitative estimate of drug-likeness (QED) is 0.733. The van der Waals surface area contributed by atoms with Gasteiger partial charge in [0.15, 0.2) is 0 Å². The minimum atomic E-state index is -0.509. The highest BCUT2D eigenvalue weighted by atomic mass is 35.5. The number of benzene rings is 2. The minimum Gasteiger partial charge on any atom is -0.368 e. The Morgan fingerprint density at radius 1 is 1.00 bits per heavy atom. The first-order chi connectivity index (χ1) is 13.5. The molecule has 148 valence electrons. The van der Waals surface area contributed by atoms with E-state index in [1.165, 1.54) is 0 Å². The van der Waals surface area contributed by atoms with Crippen LogP contribution in [0, 0.1) is 0 Å². The Morgan fingerprint density at radius 2 is 1.61 bits per heavy atom. The van der Waals surface area contributed by atoms with Crippen molar-refractivity contribution in [3.8, 4) is 0 Å². The standard InChI is InChI=1S/C21H24ClN3O2S/c1-15(28-18-5-3-2-4-6-18)21(27)25-13-11-24(12-14-25)19(20(23)26)16-7-9-17(22)10-8-16/h2-10,15,19H,11-14H2,1H3,(H2,23,26)/t15-,19-/m1/s1. The van der Waals surface area contributed by atoms with Gasteiger partial charge in [0.1, 0.15) is 6.04 Å². The molecule has 2 amide bonds. The van der Waals surface area contributed by atoms with Crippen LogP contribution < -0.4 is 5.73 Å². The van der Waals surface area contributed by atoms with Crippen molar-refractivity contribution < 1.29 is 9.59 Å². The van der Waals surface area contributed by atoms with E-state index in [1.807, 2.05) is 59.2 Å². The zero-order chi connectivity index (χ0) is 20.1.